The lowest BCUT2D eigenvalue weighted by molar-refractivity contribution is -0.296. The molecule has 10 heavy (non-hydrogen) atoms. The highest BCUT2D eigenvalue weighted by Crippen LogP contribution is 1.91. The summed E-state index contributed by atoms with van der Waals surface area (Å²) >= 11 is 0. The molecule has 0 aliphatic heterocycles. The Morgan fingerprint density at radius 2 is 2.00 bits per heavy atom. The van der Waals surface area contributed by atoms with Crippen LogP contribution < -0.4 is 0 Å². The summed E-state index contributed by atoms with van der Waals surface area (Å²) in [6.45, 7) is 1.63. The zero-order valence-corrected chi connectivity index (χ0v) is 6.20. The maximum absolute atomic E-state index is 10.7. The number of amides is 2. The van der Waals surface area contributed by atoms with Crippen LogP contribution in [-0.2, 0) is 9.68 Å². The highest BCUT2D eigenvalue weighted by Gasteiger charge is 2.08. The zero-order chi connectivity index (χ0) is 7.98. The van der Waals surface area contributed by atoms with Crippen molar-refractivity contribution in [3.63, 3.8) is 0 Å². The van der Waals surface area contributed by atoms with Gasteiger partial charge in [0.1, 0.15) is 0 Å². The van der Waals surface area contributed by atoms with Gasteiger partial charge in [0.05, 0.1) is 14.2 Å². The number of carbonyl (C=O) groups excluding carboxylic acids is 1. The molecule has 5 heteroatoms. The number of hydroxylamine groups is 2. The lowest BCUT2D eigenvalue weighted by atomic mass is 10.9. The van der Waals surface area contributed by atoms with Crippen LogP contribution in [0.3, 0.4) is 0 Å². The number of urea groups is 1. The maximum atomic E-state index is 10.7. The normalized spacial score (nSPS) is 10.3. The number of nitrogens with zero attached hydrogens (tertiary/aromatic N) is 2. The van der Waals surface area contributed by atoms with E-state index in [1.54, 1.807) is 6.92 Å². The molecule has 0 heterocycles. The van der Waals surface area contributed by atoms with Gasteiger partial charge in [0.25, 0.3) is 0 Å². The van der Waals surface area contributed by atoms with Gasteiger partial charge in [0, 0.05) is 6.21 Å². The van der Waals surface area contributed by atoms with Crippen LogP contribution in [0.5, 0.6) is 0 Å². The van der Waals surface area contributed by atoms with Crippen molar-refractivity contribution in [2.75, 3.05) is 14.2 Å². The number of rotatable bonds is 2. The Morgan fingerprint density at radius 1 is 1.50 bits per heavy atom. The van der Waals surface area contributed by atoms with Crippen LogP contribution in [0.1, 0.15) is 6.92 Å². The molecular weight excluding hydrogens is 136 g/mol. The van der Waals surface area contributed by atoms with Crippen LogP contribution in [0.15, 0.2) is 4.99 Å². The fraction of sp³-hybridized carbons (Fsp3) is 0.600. The fourth-order valence-corrected chi connectivity index (χ4v) is 0.388. The minimum absolute atomic E-state index is 0.590. The third-order valence-corrected chi connectivity index (χ3v) is 0.727. The van der Waals surface area contributed by atoms with E-state index in [1.165, 1.54) is 20.4 Å². The third kappa shape index (κ3) is 2.56. The van der Waals surface area contributed by atoms with E-state index >= 15 is 0 Å². The standard InChI is InChI=1S/C5H10N2O3/c1-4-6-5(8)7(9-2)10-3/h4H,1-3H3. The average Bonchev–Trinajstić information content (AvgIpc) is 1.91. The summed E-state index contributed by atoms with van der Waals surface area (Å²) in [5, 5.41) is 0.667. The van der Waals surface area contributed by atoms with Crippen molar-refractivity contribution in [3.05, 3.63) is 0 Å². The Balaban J connectivity index is 3.89. The van der Waals surface area contributed by atoms with Crippen molar-refractivity contribution >= 4 is 12.2 Å². The number of carbonyl (C=O) groups is 1. The van der Waals surface area contributed by atoms with Gasteiger partial charge in [-0.1, -0.05) is 5.23 Å². The SMILES string of the molecule is CC=NC(=O)N(OC)OC. The second-order valence-corrected chi connectivity index (χ2v) is 1.29. The molecule has 0 aliphatic carbocycles. The first-order valence-electron chi connectivity index (χ1n) is 2.67. The molecule has 0 aromatic rings. The van der Waals surface area contributed by atoms with Crippen LogP contribution in [0, 0.1) is 0 Å². The molecule has 0 fully saturated rings. The highest BCUT2D eigenvalue weighted by molar-refractivity contribution is 5.81. The predicted molar refractivity (Wildman–Crippen MR) is 35.4 cm³/mol. The van der Waals surface area contributed by atoms with E-state index in [1.807, 2.05) is 0 Å². The van der Waals surface area contributed by atoms with Crippen molar-refractivity contribution < 1.29 is 14.5 Å². The molecule has 0 spiro atoms. The summed E-state index contributed by atoms with van der Waals surface area (Å²) in [5.41, 5.74) is 0. The Morgan fingerprint density at radius 3 is 2.30 bits per heavy atom. The molecule has 5 nitrogen and oxygen atoms in total. The molecule has 0 aromatic heterocycles. The van der Waals surface area contributed by atoms with E-state index in [0.29, 0.717) is 5.23 Å². The molecule has 0 N–H and O–H groups in total. The third-order valence-electron chi connectivity index (χ3n) is 0.727. The van der Waals surface area contributed by atoms with Gasteiger partial charge in [-0.05, 0) is 6.92 Å². The quantitative estimate of drug-likeness (QED) is 0.424. The molecule has 0 unspecified atom stereocenters. The van der Waals surface area contributed by atoms with E-state index in [2.05, 4.69) is 14.7 Å². The topological polar surface area (TPSA) is 51.1 Å². The smallest absolute Gasteiger partial charge is 0.248 e. The van der Waals surface area contributed by atoms with Gasteiger partial charge >= 0.3 is 6.03 Å². The van der Waals surface area contributed by atoms with Gasteiger partial charge in [-0.25, -0.2) is 19.5 Å². The minimum Gasteiger partial charge on any atom is -0.248 e. The molecular formula is C5H10N2O3. The van der Waals surface area contributed by atoms with Gasteiger partial charge in [0.2, 0.25) is 0 Å². The number of hydrogen-bond acceptors (Lipinski definition) is 3. The van der Waals surface area contributed by atoms with Crippen molar-refractivity contribution in [1.82, 2.24) is 5.23 Å². The summed E-state index contributed by atoms with van der Waals surface area (Å²) in [5.74, 6) is 0. The monoisotopic (exact) mass is 146 g/mol. The molecule has 0 aromatic carbocycles. The van der Waals surface area contributed by atoms with Crippen molar-refractivity contribution in [1.29, 1.82) is 0 Å². The first-order chi connectivity index (χ1) is 4.76. The van der Waals surface area contributed by atoms with E-state index in [0.717, 1.165) is 0 Å². The maximum Gasteiger partial charge on any atom is 0.392 e. The van der Waals surface area contributed by atoms with Crippen molar-refractivity contribution in [3.8, 4) is 0 Å². The Kier molecular flexibility index (Phi) is 4.43. The zero-order valence-electron chi connectivity index (χ0n) is 6.20. The van der Waals surface area contributed by atoms with Gasteiger partial charge in [-0.3, -0.25) is 0 Å². The molecule has 0 radical (unpaired) electrons. The average molecular weight is 146 g/mol. The second-order valence-electron chi connectivity index (χ2n) is 1.29. The summed E-state index contributed by atoms with van der Waals surface area (Å²) in [6.07, 6.45) is 1.35. The Labute approximate surface area is 59.2 Å². The van der Waals surface area contributed by atoms with Crippen LogP contribution in [-0.4, -0.2) is 31.7 Å². The minimum atomic E-state index is -0.590. The van der Waals surface area contributed by atoms with E-state index in [4.69, 9.17) is 0 Å². The number of aliphatic imine (C=N–C) groups is 1. The first kappa shape index (κ1) is 9.06. The van der Waals surface area contributed by atoms with Crippen molar-refractivity contribution in [2.45, 2.75) is 6.92 Å². The number of hydrogen-bond donors (Lipinski definition) is 0. The second kappa shape index (κ2) is 4.89. The summed E-state index contributed by atoms with van der Waals surface area (Å²) in [4.78, 5) is 23.0. The predicted octanol–water partition coefficient (Wildman–Crippen LogP) is 0.622. The van der Waals surface area contributed by atoms with Crippen LogP contribution in [0.2, 0.25) is 0 Å². The summed E-state index contributed by atoms with van der Waals surface area (Å²) in [6, 6.07) is -0.590. The van der Waals surface area contributed by atoms with Gasteiger partial charge < -0.3 is 0 Å². The van der Waals surface area contributed by atoms with E-state index in [9.17, 15) is 4.79 Å². The largest absolute Gasteiger partial charge is 0.392 e. The highest BCUT2D eigenvalue weighted by atomic mass is 16.9. The van der Waals surface area contributed by atoms with Gasteiger partial charge in [-0.2, -0.15) is 0 Å². The molecule has 0 saturated heterocycles. The molecule has 0 saturated carbocycles. The van der Waals surface area contributed by atoms with Crippen LogP contribution in [0.4, 0.5) is 4.79 Å². The van der Waals surface area contributed by atoms with Crippen LogP contribution >= 0.6 is 0 Å². The fourth-order valence-electron chi connectivity index (χ4n) is 0.388. The first-order valence-corrected chi connectivity index (χ1v) is 2.67. The Hall–Kier alpha value is -0.940. The molecule has 58 valence electrons. The lowest BCUT2D eigenvalue weighted by Gasteiger charge is -2.11. The van der Waals surface area contributed by atoms with Crippen molar-refractivity contribution in [2.24, 2.45) is 4.99 Å². The molecule has 0 rings (SSSR count). The Bertz CT molecular complexity index is 131. The summed E-state index contributed by atoms with van der Waals surface area (Å²) in [7, 11) is 2.62. The van der Waals surface area contributed by atoms with E-state index in [-0.39, 0.29) is 0 Å². The molecule has 0 aliphatic rings. The summed E-state index contributed by atoms with van der Waals surface area (Å²) < 4.78 is 0. The molecule has 0 bridgehead atoms. The van der Waals surface area contributed by atoms with Gasteiger partial charge in [-0.15, -0.1) is 0 Å². The lowest BCUT2D eigenvalue weighted by Crippen LogP contribution is -2.25. The van der Waals surface area contributed by atoms with E-state index < -0.39 is 6.03 Å². The molecule has 0 atom stereocenters. The van der Waals surface area contributed by atoms with Gasteiger partial charge in [0.15, 0.2) is 0 Å². The molecule has 2 amide bonds. The van der Waals surface area contributed by atoms with Crippen LogP contribution in [0.25, 0.3) is 0 Å².